The first-order valence-corrected chi connectivity index (χ1v) is 9.67. The number of carbonyl (C=O) groups is 1. The van der Waals surface area contributed by atoms with Crippen molar-refractivity contribution in [3.8, 4) is 0 Å². The van der Waals surface area contributed by atoms with E-state index in [2.05, 4.69) is 40.5 Å². The van der Waals surface area contributed by atoms with E-state index in [4.69, 9.17) is 10.5 Å². The van der Waals surface area contributed by atoms with Crippen LogP contribution in [0.2, 0.25) is 0 Å². The zero-order chi connectivity index (χ0) is 19.4. The molecule has 0 saturated carbocycles. The van der Waals surface area contributed by atoms with Gasteiger partial charge in [-0.05, 0) is 30.0 Å². The molecule has 0 spiro atoms. The SMILES string of the molecule is CC(C)(C)CC(=O)Nc1ccc2c(c1)nc(N)n2CCCN1CCOCC1. The number of benzene rings is 1. The van der Waals surface area contributed by atoms with Crippen LogP contribution in [0.3, 0.4) is 0 Å². The average Bonchev–Trinajstić information content (AvgIpc) is 2.89. The van der Waals surface area contributed by atoms with Crippen molar-refractivity contribution in [1.82, 2.24) is 14.5 Å². The minimum Gasteiger partial charge on any atom is -0.379 e. The number of aryl methyl sites for hydroxylation is 1. The smallest absolute Gasteiger partial charge is 0.224 e. The number of nitrogens with two attached hydrogens (primary N) is 1. The largest absolute Gasteiger partial charge is 0.379 e. The molecule has 1 fully saturated rings. The molecule has 0 aliphatic carbocycles. The predicted molar refractivity (Wildman–Crippen MR) is 109 cm³/mol. The second-order valence-corrected chi connectivity index (χ2v) is 8.42. The second kappa shape index (κ2) is 8.27. The number of fused-ring (bicyclic) bond motifs is 1. The Morgan fingerprint density at radius 3 is 2.70 bits per heavy atom. The number of nitrogens with zero attached hydrogens (tertiary/aromatic N) is 3. The molecule has 3 N–H and O–H groups in total. The van der Waals surface area contributed by atoms with Crippen LogP contribution in [0.1, 0.15) is 33.6 Å². The lowest BCUT2D eigenvalue weighted by atomic mass is 9.92. The first kappa shape index (κ1) is 19.6. The van der Waals surface area contributed by atoms with Crippen molar-refractivity contribution < 1.29 is 9.53 Å². The fraction of sp³-hybridized carbons (Fsp3) is 0.600. The molecule has 27 heavy (non-hydrogen) atoms. The molecule has 0 radical (unpaired) electrons. The quantitative estimate of drug-likeness (QED) is 0.813. The predicted octanol–water partition coefficient (Wildman–Crippen LogP) is 2.72. The van der Waals surface area contributed by atoms with E-state index in [-0.39, 0.29) is 11.3 Å². The molecule has 3 rings (SSSR count). The summed E-state index contributed by atoms with van der Waals surface area (Å²) in [4.78, 5) is 19.0. The Balaban J connectivity index is 1.63. The van der Waals surface area contributed by atoms with Gasteiger partial charge in [0.05, 0.1) is 24.2 Å². The number of nitrogen functional groups attached to an aromatic ring is 1. The molecule has 0 unspecified atom stereocenters. The van der Waals surface area contributed by atoms with Gasteiger partial charge in [0.15, 0.2) is 0 Å². The molecule has 7 nitrogen and oxygen atoms in total. The number of anilines is 2. The second-order valence-electron chi connectivity index (χ2n) is 8.42. The minimum absolute atomic E-state index is 0.0137. The Morgan fingerprint density at radius 1 is 1.26 bits per heavy atom. The van der Waals surface area contributed by atoms with E-state index in [0.717, 1.165) is 62.5 Å². The van der Waals surface area contributed by atoms with Crippen molar-refractivity contribution in [2.24, 2.45) is 5.41 Å². The number of nitrogens with one attached hydrogen (secondary N) is 1. The maximum Gasteiger partial charge on any atom is 0.224 e. The van der Waals surface area contributed by atoms with Gasteiger partial charge in [-0.25, -0.2) is 4.98 Å². The molecule has 0 bridgehead atoms. The number of ether oxygens (including phenoxy) is 1. The van der Waals surface area contributed by atoms with Gasteiger partial charge >= 0.3 is 0 Å². The maximum absolute atomic E-state index is 12.2. The van der Waals surface area contributed by atoms with Crippen molar-refractivity contribution in [2.75, 3.05) is 43.9 Å². The molecule has 1 aromatic heterocycles. The van der Waals surface area contributed by atoms with Crippen molar-refractivity contribution in [3.05, 3.63) is 18.2 Å². The maximum atomic E-state index is 12.2. The Morgan fingerprint density at radius 2 is 2.00 bits per heavy atom. The highest BCUT2D eigenvalue weighted by atomic mass is 16.5. The summed E-state index contributed by atoms with van der Waals surface area (Å²) in [5, 5.41) is 2.96. The number of imidazole rings is 1. The normalized spacial score (nSPS) is 16.0. The Bertz CT molecular complexity index is 788. The molecular weight excluding hydrogens is 342 g/mol. The summed E-state index contributed by atoms with van der Waals surface area (Å²) >= 11 is 0. The van der Waals surface area contributed by atoms with Crippen molar-refractivity contribution in [2.45, 2.75) is 40.2 Å². The summed E-state index contributed by atoms with van der Waals surface area (Å²) in [6, 6.07) is 5.80. The summed E-state index contributed by atoms with van der Waals surface area (Å²) in [6.07, 6.45) is 1.49. The molecule has 1 aromatic carbocycles. The minimum atomic E-state index is -0.0410. The molecular formula is C20H31N5O2. The number of carbonyl (C=O) groups excluding carboxylic acids is 1. The average molecular weight is 374 g/mol. The van der Waals surface area contributed by atoms with Crippen LogP contribution in [0, 0.1) is 5.41 Å². The summed E-state index contributed by atoms with van der Waals surface area (Å²) in [5.41, 5.74) is 8.67. The highest BCUT2D eigenvalue weighted by molar-refractivity contribution is 5.93. The fourth-order valence-electron chi connectivity index (χ4n) is 3.43. The number of hydrogen-bond acceptors (Lipinski definition) is 5. The molecule has 2 aromatic rings. The first-order chi connectivity index (χ1) is 12.8. The number of rotatable bonds is 6. The van der Waals surface area contributed by atoms with Gasteiger partial charge in [0, 0.05) is 38.3 Å². The van der Waals surface area contributed by atoms with Crippen LogP contribution in [0.15, 0.2) is 18.2 Å². The summed E-state index contributed by atoms with van der Waals surface area (Å²) < 4.78 is 7.44. The van der Waals surface area contributed by atoms with E-state index < -0.39 is 0 Å². The number of morpholine rings is 1. The van der Waals surface area contributed by atoms with Crippen LogP contribution < -0.4 is 11.1 Å². The third kappa shape index (κ3) is 5.43. The van der Waals surface area contributed by atoms with Crippen LogP contribution in [0.5, 0.6) is 0 Å². The summed E-state index contributed by atoms with van der Waals surface area (Å²) in [7, 11) is 0. The van der Waals surface area contributed by atoms with Crippen LogP contribution in [0.25, 0.3) is 11.0 Å². The van der Waals surface area contributed by atoms with Crippen LogP contribution in [-0.2, 0) is 16.1 Å². The first-order valence-electron chi connectivity index (χ1n) is 9.67. The lowest BCUT2D eigenvalue weighted by Gasteiger charge is -2.26. The Labute approximate surface area is 160 Å². The molecule has 1 saturated heterocycles. The van der Waals surface area contributed by atoms with Crippen molar-refractivity contribution in [1.29, 1.82) is 0 Å². The molecule has 0 atom stereocenters. The highest BCUT2D eigenvalue weighted by Gasteiger charge is 2.17. The lowest BCUT2D eigenvalue weighted by molar-refractivity contribution is -0.117. The van der Waals surface area contributed by atoms with E-state index in [1.807, 2.05) is 18.2 Å². The van der Waals surface area contributed by atoms with Gasteiger partial charge in [-0.2, -0.15) is 0 Å². The van der Waals surface area contributed by atoms with E-state index in [1.165, 1.54) is 0 Å². The van der Waals surface area contributed by atoms with Gasteiger partial charge in [-0.1, -0.05) is 20.8 Å². The zero-order valence-electron chi connectivity index (χ0n) is 16.6. The molecule has 2 heterocycles. The van der Waals surface area contributed by atoms with E-state index in [9.17, 15) is 4.79 Å². The van der Waals surface area contributed by atoms with Crippen LogP contribution in [-0.4, -0.2) is 53.2 Å². The van der Waals surface area contributed by atoms with E-state index in [0.29, 0.717) is 12.4 Å². The molecule has 1 aliphatic heterocycles. The van der Waals surface area contributed by atoms with Gasteiger partial charge in [-0.15, -0.1) is 0 Å². The molecule has 148 valence electrons. The molecule has 7 heteroatoms. The van der Waals surface area contributed by atoms with E-state index >= 15 is 0 Å². The Hall–Kier alpha value is -2.12. The van der Waals surface area contributed by atoms with Gasteiger partial charge in [0.1, 0.15) is 0 Å². The van der Waals surface area contributed by atoms with E-state index in [1.54, 1.807) is 0 Å². The zero-order valence-corrected chi connectivity index (χ0v) is 16.6. The summed E-state index contributed by atoms with van der Waals surface area (Å²) in [6.45, 7) is 11.6. The van der Waals surface area contributed by atoms with Crippen molar-refractivity contribution >= 4 is 28.6 Å². The topological polar surface area (TPSA) is 85.4 Å². The molecule has 1 aliphatic rings. The molecule has 1 amide bonds. The van der Waals surface area contributed by atoms with Gasteiger partial charge < -0.3 is 20.4 Å². The van der Waals surface area contributed by atoms with Gasteiger partial charge in [0.25, 0.3) is 0 Å². The lowest BCUT2D eigenvalue weighted by Crippen LogP contribution is -2.37. The summed E-state index contributed by atoms with van der Waals surface area (Å²) in [5.74, 6) is 0.532. The third-order valence-corrected chi connectivity index (χ3v) is 4.71. The van der Waals surface area contributed by atoms with Gasteiger partial charge in [0.2, 0.25) is 11.9 Å². The standard InChI is InChI=1S/C20H31N5O2/c1-20(2,3)14-18(26)22-15-5-6-17-16(13-15)23-19(21)25(17)8-4-7-24-9-11-27-12-10-24/h5-6,13H,4,7-12,14H2,1-3H3,(H2,21,23)(H,22,26). The third-order valence-electron chi connectivity index (χ3n) is 4.71. The van der Waals surface area contributed by atoms with Gasteiger partial charge in [-0.3, -0.25) is 9.69 Å². The van der Waals surface area contributed by atoms with Crippen molar-refractivity contribution in [3.63, 3.8) is 0 Å². The highest BCUT2D eigenvalue weighted by Crippen LogP contribution is 2.24. The van der Waals surface area contributed by atoms with Crippen LogP contribution in [0.4, 0.5) is 11.6 Å². The Kier molecular flexibility index (Phi) is 6.01. The number of amides is 1. The monoisotopic (exact) mass is 373 g/mol. The number of hydrogen-bond donors (Lipinski definition) is 2. The fourth-order valence-corrected chi connectivity index (χ4v) is 3.43. The number of aromatic nitrogens is 2. The van der Waals surface area contributed by atoms with Crippen LogP contribution >= 0.6 is 0 Å².